The van der Waals surface area contributed by atoms with E-state index in [0.717, 1.165) is 22.5 Å². The van der Waals surface area contributed by atoms with E-state index in [4.69, 9.17) is 10.5 Å². The van der Waals surface area contributed by atoms with Gasteiger partial charge in [0.05, 0.1) is 11.5 Å². The van der Waals surface area contributed by atoms with Gasteiger partial charge in [0, 0.05) is 25.5 Å². The standard InChI is InChI=1S/C18H21N5O/c1-10(2)16-15-14(11-5-7-12(8-6-11)23(3)4)13(9-19)17(20)24-18(15)22-21-16/h5-8,10,14H,20H2,1-4H3,(H,21,22). The predicted molar refractivity (Wildman–Crippen MR) is 92.7 cm³/mol. The number of hydrogen-bond acceptors (Lipinski definition) is 5. The lowest BCUT2D eigenvalue weighted by atomic mass is 9.82. The van der Waals surface area contributed by atoms with Gasteiger partial charge in [0.1, 0.15) is 11.6 Å². The maximum absolute atomic E-state index is 9.62. The molecule has 1 aliphatic rings. The van der Waals surface area contributed by atoms with E-state index < -0.39 is 0 Å². The van der Waals surface area contributed by atoms with E-state index in [0.29, 0.717) is 11.5 Å². The van der Waals surface area contributed by atoms with Gasteiger partial charge in [-0.05, 0) is 23.6 Å². The second kappa shape index (κ2) is 5.93. The third kappa shape index (κ3) is 2.48. The van der Waals surface area contributed by atoms with Crippen molar-refractivity contribution in [1.29, 1.82) is 5.26 Å². The van der Waals surface area contributed by atoms with Crippen molar-refractivity contribution in [2.45, 2.75) is 25.7 Å². The Bertz CT molecular complexity index is 824. The van der Waals surface area contributed by atoms with Gasteiger partial charge < -0.3 is 15.4 Å². The number of allylic oxidation sites excluding steroid dienone is 1. The Morgan fingerprint density at radius 2 is 1.96 bits per heavy atom. The van der Waals surface area contributed by atoms with Gasteiger partial charge in [-0.3, -0.25) is 5.10 Å². The third-order valence-electron chi connectivity index (χ3n) is 4.29. The minimum atomic E-state index is -0.272. The highest BCUT2D eigenvalue weighted by molar-refractivity contribution is 5.57. The van der Waals surface area contributed by atoms with Crippen LogP contribution in [-0.2, 0) is 0 Å². The van der Waals surface area contributed by atoms with Crippen LogP contribution in [0.5, 0.6) is 5.88 Å². The zero-order chi connectivity index (χ0) is 17.4. The van der Waals surface area contributed by atoms with Crippen LogP contribution in [0.3, 0.4) is 0 Å². The zero-order valence-corrected chi connectivity index (χ0v) is 14.3. The molecule has 124 valence electrons. The first-order valence-corrected chi connectivity index (χ1v) is 7.87. The van der Waals surface area contributed by atoms with Crippen molar-refractivity contribution in [2.75, 3.05) is 19.0 Å². The molecule has 0 saturated heterocycles. The Labute approximate surface area is 141 Å². The van der Waals surface area contributed by atoms with Gasteiger partial charge in [-0.15, -0.1) is 5.10 Å². The molecule has 0 spiro atoms. The van der Waals surface area contributed by atoms with Crippen molar-refractivity contribution >= 4 is 5.69 Å². The predicted octanol–water partition coefficient (Wildman–Crippen LogP) is 2.82. The van der Waals surface area contributed by atoms with Crippen LogP contribution in [0.25, 0.3) is 0 Å². The Balaban J connectivity index is 2.17. The molecule has 1 atom stereocenters. The van der Waals surface area contributed by atoms with Crippen molar-refractivity contribution in [3.63, 3.8) is 0 Å². The summed E-state index contributed by atoms with van der Waals surface area (Å²) in [4.78, 5) is 2.03. The lowest BCUT2D eigenvalue weighted by molar-refractivity contribution is 0.378. The topological polar surface area (TPSA) is 91.0 Å². The molecular weight excluding hydrogens is 302 g/mol. The summed E-state index contributed by atoms with van der Waals surface area (Å²) in [6.45, 7) is 4.15. The van der Waals surface area contributed by atoms with Crippen LogP contribution in [0.15, 0.2) is 35.7 Å². The number of fused-ring (bicyclic) bond motifs is 1. The fourth-order valence-electron chi connectivity index (χ4n) is 3.01. The van der Waals surface area contributed by atoms with E-state index in [1.807, 2.05) is 43.3 Å². The SMILES string of the molecule is CC(C)c1[nH]nc2c1C(c1ccc(N(C)C)cc1)C(C#N)=C(N)O2. The van der Waals surface area contributed by atoms with E-state index in [1.54, 1.807) is 0 Å². The van der Waals surface area contributed by atoms with Crippen LogP contribution in [0.1, 0.15) is 42.5 Å². The number of nitriles is 1. The molecule has 6 nitrogen and oxygen atoms in total. The summed E-state index contributed by atoms with van der Waals surface area (Å²) in [7, 11) is 3.99. The smallest absolute Gasteiger partial charge is 0.244 e. The fraction of sp³-hybridized carbons (Fsp3) is 0.333. The summed E-state index contributed by atoms with van der Waals surface area (Å²) >= 11 is 0. The van der Waals surface area contributed by atoms with E-state index in [2.05, 4.69) is 30.1 Å². The minimum Gasteiger partial charge on any atom is -0.420 e. The second-order valence-corrected chi connectivity index (χ2v) is 6.42. The number of benzene rings is 1. The molecule has 0 amide bonds. The molecule has 0 fully saturated rings. The Hall–Kier alpha value is -2.94. The highest BCUT2D eigenvalue weighted by atomic mass is 16.5. The Morgan fingerprint density at radius 3 is 2.50 bits per heavy atom. The van der Waals surface area contributed by atoms with Gasteiger partial charge >= 0.3 is 0 Å². The summed E-state index contributed by atoms with van der Waals surface area (Å²) in [6, 6.07) is 10.3. The summed E-state index contributed by atoms with van der Waals surface area (Å²) in [5, 5.41) is 16.9. The number of anilines is 1. The first-order chi connectivity index (χ1) is 11.4. The van der Waals surface area contributed by atoms with Crippen LogP contribution in [0.4, 0.5) is 5.69 Å². The summed E-state index contributed by atoms with van der Waals surface area (Å²) in [6.07, 6.45) is 0. The number of nitrogens with zero attached hydrogens (tertiary/aromatic N) is 3. The number of H-pyrrole nitrogens is 1. The van der Waals surface area contributed by atoms with Crippen molar-refractivity contribution in [2.24, 2.45) is 5.73 Å². The number of nitrogens with two attached hydrogens (primary N) is 1. The molecule has 3 rings (SSSR count). The van der Waals surface area contributed by atoms with Crippen molar-refractivity contribution < 1.29 is 4.74 Å². The normalized spacial score (nSPS) is 16.6. The largest absolute Gasteiger partial charge is 0.420 e. The first-order valence-electron chi connectivity index (χ1n) is 7.87. The van der Waals surface area contributed by atoms with E-state index in [9.17, 15) is 5.26 Å². The molecule has 0 saturated carbocycles. The van der Waals surface area contributed by atoms with Crippen LogP contribution in [0, 0.1) is 11.3 Å². The van der Waals surface area contributed by atoms with E-state index >= 15 is 0 Å². The molecule has 1 aromatic carbocycles. The molecule has 1 unspecified atom stereocenters. The maximum Gasteiger partial charge on any atom is 0.244 e. The monoisotopic (exact) mass is 323 g/mol. The van der Waals surface area contributed by atoms with Crippen molar-refractivity contribution in [3.8, 4) is 11.9 Å². The molecule has 1 aliphatic heterocycles. The van der Waals surface area contributed by atoms with Gasteiger partial charge in [0.25, 0.3) is 0 Å². The van der Waals surface area contributed by atoms with Crippen LogP contribution < -0.4 is 15.4 Å². The maximum atomic E-state index is 9.62. The highest BCUT2D eigenvalue weighted by Crippen LogP contribution is 2.44. The van der Waals surface area contributed by atoms with Crippen molar-refractivity contribution in [1.82, 2.24) is 10.2 Å². The molecule has 0 radical (unpaired) electrons. The lowest BCUT2D eigenvalue weighted by Gasteiger charge is -2.25. The lowest BCUT2D eigenvalue weighted by Crippen LogP contribution is -2.21. The first kappa shape index (κ1) is 15.9. The van der Waals surface area contributed by atoms with Gasteiger partial charge in [-0.1, -0.05) is 26.0 Å². The molecule has 1 aromatic heterocycles. The van der Waals surface area contributed by atoms with Crippen LogP contribution >= 0.6 is 0 Å². The molecular formula is C18H21N5O. The molecule has 24 heavy (non-hydrogen) atoms. The van der Waals surface area contributed by atoms with Gasteiger partial charge in [0.2, 0.25) is 11.8 Å². The van der Waals surface area contributed by atoms with Gasteiger partial charge in [0.15, 0.2) is 0 Å². The van der Waals surface area contributed by atoms with Gasteiger partial charge in [-0.2, -0.15) is 5.26 Å². The average molecular weight is 323 g/mol. The zero-order valence-electron chi connectivity index (χ0n) is 14.3. The second-order valence-electron chi connectivity index (χ2n) is 6.42. The molecule has 0 aliphatic carbocycles. The minimum absolute atomic E-state index is 0.119. The summed E-state index contributed by atoms with van der Waals surface area (Å²) in [5.74, 6) is 0.532. The van der Waals surface area contributed by atoms with Gasteiger partial charge in [-0.25, -0.2) is 0 Å². The van der Waals surface area contributed by atoms with E-state index in [1.165, 1.54) is 0 Å². The quantitative estimate of drug-likeness (QED) is 0.906. The number of aromatic nitrogens is 2. The molecule has 2 aromatic rings. The van der Waals surface area contributed by atoms with E-state index in [-0.39, 0.29) is 17.7 Å². The molecule has 0 bridgehead atoms. The summed E-state index contributed by atoms with van der Waals surface area (Å²) in [5.41, 5.74) is 10.3. The van der Waals surface area contributed by atoms with Crippen LogP contribution in [-0.4, -0.2) is 24.3 Å². The molecule has 6 heteroatoms. The number of ether oxygens (including phenoxy) is 1. The summed E-state index contributed by atoms with van der Waals surface area (Å²) < 4.78 is 5.56. The Kier molecular flexibility index (Phi) is 3.94. The average Bonchev–Trinajstić information content (AvgIpc) is 2.97. The third-order valence-corrected chi connectivity index (χ3v) is 4.29. The number of rotatable bonds is 3. The number of aromatic amines is 1. The Morgan fingerprint density at radius 1 is 1.29 bits per heavy atom. The van der Waals surface area contributed by atoms with Crippen molar-refractivity contribution in [3.05, 3.63) is 52.5 Å². The fourth-order valence-corrected chi connectivity index (χ4v) is 3.01. The number of hydrogen-bond donors (Lipinski definition) is 2. The molecule has 3 N–H and O–H groups in total. The number of nitrogens with one attached hydrogen (secondary N) is 1. The van der Waals surface area contributed by atoms with Crippen LogP contribution in [0.2, 0.25) is 0 Å². The highest BCUT2D eigenvalue weighted by Gasteiger charge is 2.35. The molecule has 2 heterocycles.